The summed E-state index contributed by atoms with van der Waals surface area (Å²) in [5.74, 6) is -1.02. The third-order valence-corrected chi connectivity index (χ3v) is 4.07. The number of hydrogen-bond donors (Lipinski definition) is 1. The number of fused-ring (bicyclic) bond motifs is 1. The van der Waals surface area contributed by atoms with Gasteiger partial charge in [-0.1, -0.05) is 24.3 Å². The van der Waals surface area contributed by atoms with Gasteiger partial charge in [0.15, 0.2) is 6.10 Å². The molecule has 0 unspecified atom stereocenters. The fourth-order valence-corrected chi connectivity index (χ4v) is 3.00. The molecule has 118 valence electrons. The van der Waals surface area contributed by atoms with Crippen LogP contribution in [0.15, 0.2) is 24.3 Å². The first-order valence-corrected chi connectivity index (χ1v) is 7.46. The lowest BCUT2D eigenvalue weighted by Gasteiger charge is -2.36. The topological polar surface area (TPSA) is 76.1 Å². The molecule has 3 rings (SSSR count). The first-order chi connectivity index (χ1) is 10.6. The summed E-state index contributed by atoms with van der Waals surface area (Å²) in [6.07, 6.45) is -0.320. The zero-order chi connectivity index (χ0) is 15.5. The van der Waals surface area contributed by atoms with Crippen LogP contribution in [0.4, 0.5) is 0 Å². The Kier molecular flexibility index (Phi) is 4.40. The molecule has 0 saturated carbocycles. The Morgan fingerprint density at radius 2 is 2.05 bits per heavy atom. The summed E-state index contributed by atoms with van der Waals surface area (Å²) in [5, 5.41) is 8.86. The highest BCUT2D eigenvalue weighted by molar-refractivity contribution is 5.83. The number of hydrogen-bond acceptors (Lipinski definition) is 4. The monoisotopic (exact) mass is 305 g/mol. The number of carbonyl (C=O) groups excluding carboxylic acids is 1. The predicted molar refractivity (Wildman–Crippen MR) is 77.4 cm³/mol. The number of rotatable bonds is 3. The van der Waals surface area contributed by atoms with Crippen LogP contribution in [-0.4, -0.2) is 54.3 Å². The fraction of sp³-hybridized carbons (Fsp3) is 0.500. The maximum absolute atomic E-state index is 12.7. The van der Waals surface area contributed by atoms with E-state index in [1.165, 1.54) is 0 Å². The standard InChI is InChI=1S/C16H19NO5/c18-14(19)9-12-10-17(6-8-21-12)16(20)15-13-4-2-1-3-11(13)5-7-22-15/h1-4,12,15H,5-10H2,(H,18,19)/t12-,15+/m1/s1. The van der Waals surface area contributed by atoms with Gasteiger partial charge in [0, 0.05) is 13.1 Å². The van der Waals surface area contributed by atoms with Gasteiger partial charge < -0.3 is 19.5 Å². The van der Waals surface area contributed by atoms with Gasteiger partial charge in [-0.25, -0.2) is 0 Å². The van der Waals surface area contributed by atoms with Gasteiger partial charge in [0.05, 0.1) is 25.7 Å². The van der Waals surface area contributed by atoms with Crippen molar-refractivity contribution in [2.45, 2.75) is 25.0 Å². The van der Waals surface area contributed by atoms with Crippen LogP contribution in [0.25, 0.3) is 0 Å². The minimum Gasteiger partial charge on any atom is -0.481 e. The first-order valence-electron chi connectivity index (χ1n) is 7.46. The van der Waals surface area contributed by atoms with E-state index in [2.05, 4.69) is 0 Å². The Morgan fingerprint density at radius 1 is 1.23 bits per heavy atom. The predicted octanol–water partition coefficient (Wildman–Crippen LogP) is 1.00. The van der Waals surface area contributed by atoms with Crippen LogP contribution in [0, 0.1) is 0 Å². The Bertz CT molecular complexity index is 573. The molecular formula is C16H19NO5. The normalized spacial score (nSPS) is 24.6. The molecule has 6 heteroatoms. The van der Waals surface area contributed by atoms with Gasteiger partial charge in [-0.05, 0) is 17.5 Å². The highest BCUT2D eigenvalue weighted by atomic mass is 16.5. The average molecular weight is 305 g/mol. The lowest BCUT2D eigenvalue weighted by atomic mass is 9.96. The molecule has 1 N–H and O–H groups in total. The third-order valence-electron chi connectivity index (χ3n) is 4.07. The van der Waals surface area contributed by atoms with E-state index in [1.807, 2.05) is 24.3 Å². The van der Waals surface area contributed by atoms with Crippen molar-refractivity contribution in [3.8, 4) is 0 Å². The van der Waals surface area contributed by atoms with E-state index in [0.717, 1.165) is 17.5 Å². The number of carboxylic acids is 1. The summed E-state index contributed by atoms with van der Waals surface area (Å²) in [7, 11) is 0. The quantitative estimate of drug-likeness (QED) is 0.901. The van der Waals surface area contributed by atoms with E-state index in [4.69, 9.17) is 14.6 Å². The molecule has 2 heterocycles. The molecule has 2 aliphatic rings. The maximum atomic E-state index is 12.7. The minimum absolute atomic E-state index is 0.0914. The number of morpholine rings is 1. The van der Waals surface area contributed by atoms with Crippen molar-refractivity contribution in [2.75, 3.05) is 26.3 Å². The SMILES string of the molecule is O=C(O)C[C@@H]1CN(C(=O)[C@H]2OCCc3ccccc32)CCO1. The van der Waals surface area contributed by atoms with E-state index < -0.39 is 18.2 Å². The molecule has 0 aromatic heterocycles. The molecule has 0 radical (unpaired) electrons. The van der Waals surface area contributed by atoms with Gasteiger partial charge in [-0.15, -0.1) is 0 Å². The summed E-state index contributed by atoms with van der Waals surface area (Å²) >= 11 is 0. The van der Waals surface area contributed by atoms with Crippen LogP contribution in [0.2, 0.25) is 0 Å². The van der Waals surface area contributed by atoms with Crippen LogP contribution < -0.4 is 0 Å². The van der Waals surface area contributed by atoms with Gasteiger partial charge in [0.2, 0.25) is 0 Å². The number of carbonyl (C=O) groups is 2. The average Bonchev–Trinajstić information content (AvgIpc) is 2.53. The summed E-state index contributed by atoms with van der Waals surface area (Å²) < 4.78 is 11.1. The van der Waals surface area contributed by atoms with Gasteiger partial charge >= 0.3 is 5.97 Å². The van der Waals surface area contributed by atoms with E-state index in [9.17, 15) is 9.59 Å². The van der Waals surface area contributed by atoms with Crippen molar-refractivity contribution < 1.29 is 24.2 Å². The van der Waals surface area contributed by atoms with Crippen molar-refractivity contribution in [3.05, 3.63) is 35.4 Å². The number of aliphatic carboxylic acids is 1. The number of amides is 1. The molecule has 0 bridgehead atoms. The molecule has 1 saturated heterocycles. The van der Waals surface area contributed by atoms with Crippen molar-refractivity contribution in [1.82, 2.24) is 4.90 Å². The molecular weight excluding hydrogens is 286 g/mol. The van der Waals surface area contributed by atoms with E-state index in [-0.39, 0.29) is 12.3 Å². The van der Waals surface area contributed by atoms with Gasteiger partial charge in [0.25, 0.3) is 5.91 Å². The second kappa shape index (κ2) is 6.46. The molecule has 1 amide bonds. The van der Waals surface area contributed by atoms with Crippen LogP contribution in [-0.2, 0) is 25.5 Å². The van der Waals surface area contributed by atoms with Gasteiger partial charge in [0.1, 0.15) is 0 Å². The molecule has 2 atom stereocenters. The molecule has 22 heavy (non-hydrogen) atoms. The van der Waals surface area contributed by atoms with Crippen LogP contribution >= 0.6 is 0 Å². The Hall–Kier alpha value is -1.92. The highest BCUT2D eigenvalue weighted by Crippen LogP contribution is 2.29. The maximum Gasteiger partial charge on any atom is 0.306 e. The zero-order valence-electron chi connectivity index (χ0n) is 12.2. The molecule has 1 fully saturated rings. The number of benzene rings is 1. The van der Waals surface area contributed by atoms with Crippen LogP contribution in [0.3, 0.4) is 0 Å². The molecule has 6 nitrogen and oxygen atoms in total. The van der Waals surface area contributed by atoms with Crippen LogP contribution in [0.5, 0.6) is 0 Å². The highest BCUT2D eigenvalue weighted by Gasteiger charge is 2.34. The van der Waals surface area contributed by atoms with Crippen molar-refractivity contribution >= 4 is 11.9 Å². The molecule has 1 aromatic carbocycles. The Morgan fingerprint density at radius 3 is 2.86 bits per heavy atom. The van der Waals surface area contributed by atoms with E-state index in [0.29, 0.717) is 26.3 Å². The van der Waals surface area contributed by atoms with Crippen molar-refractivity contribution in [2.24, 2.45) is 0 Å². The minimum atomic E-state index is -0.918. The lowest BCUT2D eigenvalue weighted by Crippen LogP contribution is -2.48. The summed E-state index contributed by atoms with van der Waals surface area (Å²) in [6.45, 7) is 1.65. The molecule has 0 spiro atoms. The van der Waals surface area contributed by atoms with Gasteiger partial charge in [-0.3, -0.25) is 9.59 Å². The largest absolute Gasteiger partial charge is 0.481 e. The molecule has 1 aromatic rings. The number of ether oxygens (including phenoxy) is 2. The lowest BCUT2D eigenvalue weighted by molar-refractivity contribution is -0.156. The van der Waals surface area contributed by atoms with E-state index >= 15 is 0 Å². The Labute approximate surface area is 128 Å². The second-order valence-corrected chi connectivity index (χ2v) is 5.57. The summed E-state index contributed by atoms with van der Waals surface area (Å²) in [6, 6.07) is 7.81. The first kappa shape index (κ1) is 15.0. The summed E-state index contributed by atoms with van der Waals surface area (Å²) in [4.78, 5) is 25.2. The van der Waals surface area contributed by atoms with Crippen LogP contribution in [0.1, 0.15) is 23.7 Å². The molecule has 2 aliphatic heterocycles. The fourth-order valence-electron chi connectivity index (χ4n) is 3.00. The second-order valence-electron chi connectivity index (χ2n) is 5.57. The Balaban J connectivity index is 1.73. The summed E-state index contributed by atoms with van der Waals surface area (Å²) in [5.41, 5.74) is 2.06. The molecule has 0 aliphatic carbocycles. The smallest absolute Gasteiger partial charge is 0.306 e. The van der Waals surface area contributed by atoms with Gasteiger partial charge in [-0.2, -0.15) is 0 Å². The number of nitrogens with zero attached hydrogens (tertiary/aromatic N) is 1. The van der Waals surface area contributed by atoms with Crippen molar-refractivity contribution in [1.29, 1.82) is 0 Å². The number of carboxylic acid groups (broad SMARTS) is 1. The van der Waals surface area contributed by atoms with E-state index in [1.54, 1.807) is 4.90 Å². The third kappa shape index (κ3) is 3.13. The zero-order valence-corrected chi connectivity index (χ0v) is 12.2. The van der Waals surface area contributed by atoms with Crippen molar-refractivity contribution in [3.63, 3.8) is 0 Å².